The fraction of sp³-hybridized carbons (Fsp3) is 0.400. The lowest BCUT2D eigenvalue weighted by Crippen LogP contribution is -2.54. The molecule has 28 heavy (non-hydrogen) atoms. The maximum atomic E-state index is 12.8. The second kappa shape index (κ2) is 7.65. The highest BCUT2D eigenvalue weighted by Gasteiger charge is 2.44. The van der Waals surface area contributed by atoms with E-state index in [-0.39, 0.29) is 18.7 Å². The van der Waals surface area contributed by atoms with Gasteiger partial charge in [-0.1, -0.05) is 17.7 Å². The smallest absolute Gasteiger partial charge is 0.262 e. The molecule has 3 heterocycles. The number of amides is 4. The number of benzene rings is 1. The zero-order valence-corrected chi connectivity index (χ0v) is 15.4. The lowest BCUT2D eigenvalue weighted by Gasteiger charge is -2.27. The van der Waals surface area contributed by atoms with E-state index in [4.69, 9.17) is 0 Å². The minimum Gasteiger partial charge on any atom is -0.313 e. The Labute approximate surface area is 162 Å². The van der Waals surface area contributed by atoms with E-state index in [1.54, 1.807) is 12.1 Å². The van der Waals surface area contributed by atoms with Gasteiger partial charge in [-0.2, -0.15) is 0 Å². The molecule has 1 saturated heterocycles. The summed E-state index contributed by atoms with van der Waals surface area (Å²) < 4.78 is 0. The fourth-order valence-electron chi connectivity index (χ4n) is 3.83. The van der Waals surface area contributed by atoms with Crippen LogP contribution in [0.5, 0.6) is 0 Å². The minimum atomic E-state index is -0.932. The zero-order valence-electron chi connectivity index (χ0n) is 15.4. The number of rotatable bonds is 5. The van der Waals surface area contributed by atoms with Crippen LogP contribution in [-0.2, 0) is 16.1 Å². The van der Waals surface area contributed by atoms with Gasteiger partial charge in [-0.15, -0.1) is 0 Å². The van der Waals surface area contributed by atoms with Gasteiger partial charge in [-0.05, 0) is 37.1 Å². The van der Waals surface area contributed by atoms with Gasteiger partial charge in [-0.3, -0.25) is 29.4 Å². The molecule has 0 saturated carbocycles. The van der Waals surface area contributed by atoms with Crippen molar-refractivity contribution < 1.29 is 19.2 Å². The number of hydrogen-bond acceptors (Lipinski definition) is 6. The summed E-state index contributed by atoms with van der Waals surface area (Å²) in [6, 6.07) is 4.24. The van der Waals surface area contributed by atoms with Gasteiger partial charge in [0.25, 0.3) is 11.8 Å². The standard InChI is InChI=1S/C20H22N4O4/c25-17-4-3-16(18(26)23-17)24-19(27)14-2-1-13(9-15(14)20(24)28)11-22-10-12-5-7-21-8-6-12/h1-2,5,9,16,21-22H,3-4,6-8,10-11H2,(H,23,25,26). The molecule has 3 N–H and O–H groups in total. The molecule has 0 aliphatic carbocycles. The third-order valence-corrected chi connectivity index (χ3v) is 5.34. The van der Waals surface area contributed by atoms with Crippen molar-refractivity contribution in [3.8, 4) is 0 Å². The van der Waals surface area contributed by atoms with Gasteiger partial charge in [0.15, 0.2) is 0 Å². The van der Waals surface area contributed by atoms with Gasteiger partial charge in [0, 0.05) is 26.1 Å². The lowest BCUT2D eigenvalue weighted by molar-refractivity contribution is -0.136. The SMILES string of the molecule is O=C1CCC(N2C(=O)c3ccc(CNCC4=CCNCC4)cc3C2=O)C(=O)N1. The Kier molecular flexibility index (Phi) is 5.06. The molecule has 1 aromatic carbocycles. The molecule has 8 heteroatoms. The molecule has 4 rings (SSSR count). The second-order valence-corrected chi connectivity index (χ2v) is 7.25. The molecule has 0 radical (unpaired) electrons. The van der Waals surface area contributed by atoms with E-state index in [0.717, 1.165) is 36.5 Å². The number of imide groups is 2. The molecule has 1 unspecified atom stereocenters. The van der Waals surface area contributed by atoms with Crippen LogP contribution in [0.25, 0.3) is 0 Å². The first-order valence-corrected chi connectivity index (χ1v) is 9.48. The first-order valence-electron chi connectivity index (χ1n) is 9.48. The van der Waals surface area contributed by atoms with E-state index in [0.29, 0.717) is 17.7 Å². The van der Waals surface area contributed by atoms with Gasteiger partial charge >= 0.3 is 0 Å². The molecule has 4 amide bonds. The number of nitrogens with zero attached hydrogens (tertiary/aromatic N) is 1. The average Bonchev–Trinajstić information content (AvgIpc) is 2.93. The van der Waals surface area contributed by atoms with Crippen LogP contribution in [0.4, 0.5) is 0 Å². The van der Waals surface area contributed by atoms with Gasteiger partial charge in [-0.25, -0.2) is 0 Å². The predicted octanol–water partition coefficient (Wildman–Crippen LogP) is 0.0971. The van der Waals surface area contributed by atoms with Crippen molar-refractivity contribution in [3.05, 3.63) is 46.5 Å². The van der Waals surface area contributed by atoms with E-state index in [1.807, 2.05) is 6.07 Å². The molecule has 0 spiro atoms. The highest BCUT2D eigenvalue weighted by atomic mass is 16.2. The molecule has 0 bridgehead atoms. The van der Waals surface area contributed by atoms with Gasteiger partial charge in [0.05, 0.1) is 11.1 Å². The van der Waals surface area contributed by atoms with Crippen LogP contribution in [0.1, 0.15) is 45.5 Å². The van der Waals surface area contributed by atoms with Gasteiger partial charge < -0.3 is 10.6 Å². The number of nitrogens with one attached hydrogen (secondary N) is 3. The van der Waals surface area contributed by atoms with Crippen molar-refractivity contribution in [3.63, 3.8) is 0 Å². The number of carbonyl (C=O) groups is 4. The van der Waals surface area contributed by atoms with Crippen LogP contribution in [0.15, 0.2) is 29.8 Å². The van der Waals surface area contributed by atoms with Crippen molar-refractivity contribution >= 4 is 23.6 Å². The molecular weight excluding hydrogens is 360 g/mol. The summed E-state index contributed by atoms with van der Waals surface area (Å²) in [5.74, 6) is -1.93. The highest BCUT2D eigenvalue weighted by molar-refractivity contribution is 6.23. The van der Waals surface area contributed by atoms with Crippen molar-refractivity contribution in [1.82, 2.24) is 20.9 Å². The maximum Gasteiger partial charge on any atom is 0.262 e. The van der Waals surface area contributed by atoms with Crippen molar-refractivity contribution in [2.75, 3.05) is 19.6 Å². The van der Waals surface area contributed by atoms with Crippen LogP contribution in [0, 0.1) is 0 Å². The molecular formula is C20H22N4O4. The summed E-state index contributed by atoms with van der Waals surface area (Å²) in [6.45, 7) is 3.24. The summed E-state index contributed by atoms with van der Waals surface area (Å²) in [6.07, 6.45) is 3.48. The largest absolute Gasteiger partial charge is 0.313 e. The van der Waals surface area contributed by atoms with E-state index in [9.17, 15) is 19.2 Å². The van der Waals surface area contributed by atoms with Crippen LogP contribution < -0.4 is 16.0 Å². The van der Waals surface area contributed by atoms with Crippen LogP contribution in [0.2, 0.25) is 0 Å². The second-order valence-electron chi connectivity index (χ2n) is 7.25. The topological polar surface area (TPSA) is 108 Å². The average molecular weight is 382 g/mol. The zero-order chi connectivity index (χ0) is 19.7. The monoisotopic (exact) mass is 382 g/mol. The summed E-state index contributed by atoms with van der Waals surface area (Å²) in [5.41, 5.74) is 2.88. The van der Waals surface area contributed by atoms with Gasteiger partial charge in [0.2, 0.25) is 11.8 Å². The fourth-order valence-corrected chi connectivity index (χ4v) is 3.83. The van der Waals surface area contributed by atoms with E-state index in [1.165, 1.54) is 5.57 Å². The number of hydrogen-bond donors (Lipinski definition) is 3. The summed E-state index contributed by atoms with van der Waals surface area (Å²) in [5, 5.41) is 8.84. The van der Waals surface area contributed by atoms with E-state index >= 15 is 0 Å². The summed E-state index contributed by atoms with van der Waals surface area (Å²) >= 11 is 0. The van der Waals surface area contributed by atoms with Crippen molar-refractivity contribution in [1.29, 1.82) is 0 Å². The Bertz CT molecular complexity index is 892. The Morgan fingerprint density at radius 3 is 2.61 bits per heavy atom. The van der Waals surface area contributed by atoms with Crippen molar-refractivity contribution in [2.24, 2.45) is 0 Å². The molecule has 3 aliphatic rings. The third-order valence-electron chi connectivity index (χ3n) is 5.34. The molecule has 3 aliphatic heterocycles. The number of piperidine rings is 1. The van der Waals surface area contributed by atoms with Crippen LogP contribution in [0.3, 0.4) is 0 Å². The summed E-state index contributed by atoms with van der Waals surface area (Å²) in [4.78, 5) is 49.9. The normalized spacial score (nSPS) is 22.2. The first-order chi connectivity index (χ1) is 13.5. The number of carbonyl (C=O) groups excluding carboxylic acids is 4. The quantitative estimate of drug-likeness (QED) is 0.492. The van der Waals surface area contributed by atoms with Gasteiger partial charge in [0.1, 0.15) is 6.04 Å². The molecule has 146 valence electrons. The predicted molar refractivity (Wildman–Crippen MR) is 100 cm³/mol. The first kappa shape index (κ1) is 18.5. The third kappa shape index (κ3) is 3.48. The Morgan fingerprint density at radius 1 is 1.04 bits per heavy atom. The van der Waals surface area contributed by atoms with E-state index in [2.05, 4.69) is 22.0 Å². The molecule has 0 aromatic heterocycles. The minimum absolute atomic E-state index is 0.115. The molecule has 8 nitrogen and oxygen atoms in total. The van der Waals surface area contributed by atoms with Crippen LogP contribution >= 0.6 is 0 Å². The Balaban J connectivity index is 1.45. The lowest BCUT2D eigenvalue weighted by atomic mass is 10.0. The summed E-state index contributed by atoms with van der Waals surface area (Å²) in [7, 11) is 0. The molecule has 1 fully saturated rings. The maximum absolute atomic E-state index is 12.8. The molecule has 1 aromatic rings. The number of fused-ring (bicyclic) bond motifs is 1. The Hall–Kier alpha value is -2.84. The Morgan fingerprint density at radius 2 is 1.86 bits per heavy atom. The van der Waals surface area contributed by atoms with Crippen LogP contribution in [-0.4, -0.2) is 54.2 Å². The van der Waals surface area contributed by atoms with Crippen molar-refractivity contribution in [2.45, 2.75) is 31.8 Å². The molecule has 1 atom stereocenters. The van der Waals surface area contributed by atoms with E-state index < -0.39 is 23.8 Å². The highest BCUT2D eigenvalue weighted by Crippen LogP contribution is 2.28.